The monoisotopic (exact) mass is 360 g/mol. The topological polar surface area (TPSA) is 97.2 Å². The highest BCUT2D eigenvalue weighted by Crippen LogP contribution is 2.27. The van der Waals surface area contributed by atoms with E-state index in [-0.39, 0.29) is 28.3 Å². The van der Waals surface area contributed by atoms with Gasteiger partial charge in [-0.3, -0.25) is 0 Å². The molecule has 0 fully saturated rings. The lowest BCUT2D eigenvalue weighted by Crippen LogP contribution is -2.04. The zero-order valence-corrected chi connectivity index (χ0v) is 13.2. The lowest BCUT2D eigenvalue weighted by Gasteiger charge is -2.10. The zero-order valence-electron chi connectivity index (χ0n) is 12.5. The number of ether oxygens (including phenoxy) is 1. The molecule has 2 aromatic heterocycles. The van der Waals surface area contributed by atoms with E-state index in [1.807, 2.05) is 0 Å². The second kappa shape index (κ2) is 7.10. The molecule has 0 saturated heterocycles. The Balaban J connectivity index is 1.82. The predicted octanol–water partition coefficient (Wildman–Crippen LogP) is 3.90. The van der Waals surface area contributed by atoms with Crippen molar-refractivity contribution in [2.75, 3.05) is 5.32 Å². The molecule has 2 heterocycles. The predicted molar refractivity (Wildman–Crippen MR) is 88.0 cm³/mol. The maximum atomic E-state index is 14.2. The molecule has 7 nitrogen and oxygen atoms in total. The Kier molecular flexibility index (Phi) is 4.71. The molecule has 0 aliphatic carbocycles. The van der Waals surface area contributed by atoms with Gasteiger partial charge in [-0.05, 0) is 35.9 Å². The van der Waals surface area contributed by atoms with E-state index in [1.165, 1.54) is 42.7 Å². The Morgan fingerprint density at radius 3 is 2.76 bits per heavy atom. The van der Waals surface area contributed by atoms with Gasteiger partial charge in [0.1, 0.15) is 11.4 Å². The van der Waals surface area contributed by atoms with Crippen LogP contribution in [0.5, 0.6) is 11.6 Å². The number of aromatic nitrogens is 3. The normalized spacial score (nSPS) is 10.3. The van der Waals surface area contributed by atoms with Crippen molar-refractivity contribution in [3.63, 3.8) is 0 Å². The number of benzene rings is 1. The Hall–Kier alpha value is -3.26. The molecule has 0 radical (unpaired) electrons. The summed E-state index contributed by atoms with van der Waals surface area (Å²) in [5.41, 5.74) is 0.283. The van der Waals surface area contributed by atoms with Crippen LogP contribution in [0.4, 0.5) is 15.9 Å². The average molecular weight is 361 g/mol. The fraction of sp³-hybridized carbons (Fsp3) is 0. The summed E-state index contributed by atoms with van der Waals surface area (Å²) in [6, 6.07) is 8.37. The van der Waals surface area contributed by atoms with Crippen LogP contribution in [0.25, 0.3) is 0 Å². The third kappa shape index (κ3) is 3.99. The number of carboxylic acid groups (broad SMARTS) is 1. The van der Waals surface area contributed by atoms with Gasteiger partial charge in [-0.2, -0.15) is 4.98 Å². The lowest BCUT2D eigenvalue weighted by atomic mass is 10.2. The first-order chi connectivity index (χ1) is 12.0. The second-order valence-corrected chi connectivity index (χ2v) is 5.08. The van der Waals surface area contributed by atoms with Gasteiger partial charge < -0.3 is 15.2 Å². The molecule has 25 heavy (non-hydrogen) atoms. The first-order valence-electron chi connectivity index (χ1n) is 6.94. The van der Waals surface area contributed by atoms with E-state index in [9.17, 15) is 9.18 Å². The van der Waals surface area contributed by atoms with Crippen LogP contribution in [0.3, 0.4) is 0 Å². The van der Waals surface area contributed by atoms with Crippen LogP contribution < -0.4 is 10.1 Å². The van der Waals surface area contributed by atoms with Gasteiger partial charge in [0.05, 0.1) is 0 Å². The van der Waals surface area contributed by atoms with E-state index < -0.39 is 11.8 Å². The van der Waals surface area contributed by atoms with Gasteiger partial charge in [-0.15, -0.1) is 0 Å². The molecule has 126 valence electrons. The van der Waals surface area contributed by atoms with Crippen molar-refractivity contribution in [3.05, 3.63) is 65.5 Å². The van der Waals surface area contributed by atoms with E-state index in [0.29, 0.717) is 5.69 Å². The summed E-state index contributed by atoms with van der Waals surface area (Å²) in [6.07, 6.45) is 2.81. The van der Waals surface area contributed by atoms with Crippen LogP contribution in [0.15, 0.2) is 48.8 Å². The van der Waals surface area contributed by atoms with Crippen LogP contribution in [0.1, 0.15) is 10.4 Å². The molecule has 1 aromatic carbocycles. The van der Waals surface area contributed by atoms with Crippen molar-refractivity contribution in [1.29, 1.82) is 0 Å². The molecule has 0 spiro atoms. The molecule has 0 saturated carbocycles. The van der Waals surface area contributed by atoms with Crippen molar-refractivity contribution < 1.29 is 19.0 Å². The minimum absolute atomic E-state index is 0.0208. The largest absolute Gasteiger partial charge is 0.478 e. The minimum Gasteiger partial charge on any atom is -0.478 e. The summed E-state index contributed by atoms with van der Waals surface area (Å²) in [6.45, 7) is 0. The summed E-state index contributed by atoms with van der Waals surface area (Å²) in [7, 11) is 0. The van der Waals surface area contributed by atoms with Gasteiger partial charge in [0.15, 0.2) is 11.6 Å². The third-order valence-electron chi connectivity index (χ3n) is 3.05. The number of anilines is 2. The molecule has 3 rings (SSSR count). The summed E-state index contributed by atoms with van der Waals surface area (Å²) < 4.78 is 19.5. The first-order valence-corrected chi connectivity index (χ1v) is 7.32. The van der Waals surface area contributed by atoms with Gasteiger partial charge in [0.25, 0.3) is 0 Å². The fourth-order valence-electron chi connectivity index (χ4n) is 1.96. The van der Waals surface area contributed by atoms with Crippen molar-refractivity contribution in [1.82, 2.24) is 15.0 Å². The molecule has 0 atom stereocenters. The molecule has 0 aliphatic heterocycles. The maximum Gasteiger partial charge on any atom is 0.339 e. The number of carbonyl (C=O) groups is 1. The highest BCUT2D eigenvalue weighted by molar-refractivity contribution is 6.28. The maximum absolute atomic E-state index is 14.2. The van der Waals surface area contributed by atoms with Crippen molar-refractivity contribution in [2.24, 2.45) is 0 Å². The lowest BCUT2D eigenvalue weighted by molar-refractivity contribution is 0.0697. The standard InChI is InChI=1S/C16H10ClFN4O3/c17-16-20-7-5-13(22-16)25-12-4-3-9(8-11(12)18)21-14-10(15(23)24)2-1-6-19-14/h1-8H,(H,19,21)(H,23,24). The number of hydrogen-bond donors (Lipinski definition) is 2. The smallest absolute Gasteiger partial charge is 0.339 e. The first kappa shape index (κ1) is 16.6. The highest BCUT2D eigenvalue weighted by atomic mass is 35.5. The summed E-state index contributed by atoms with van der Waals surface area (Å²) in [5, 5.41) is 11.9. The third-order valence-corrected chi connectivity index (χ3v) is 3.23. The zero-order chi connectivity index (χ0) is 17.8. The highest BCUT2D eigenvalue weighted by Gasteiger charge is 2.12. The van der Waals surface area contributed by atoms with Crippen LogP contribution in [-0.4, -0.2) is 26.0 Å². The summed E-state index contributed by atoms with van der Waals surface area (Å²) in [5.74, 6) is -1.69. The molecule has 0 bridgehead atoms. The Morgan fingerprint density at radius 1 is 1.20 bits per heavy atom. The molecular formula is C16H10ClFN4O3. The molecule has 0 aliphatic rings. The van der Waals surface area contributed by atoms with E-state index in [4.69, 9.17) is 21.4 Å². The number of rotatable bonds is 5. The fourth-order valence-corrected chi connectivity index (χ4v) is 2.10. The minimum atomic E-state index is -1.14. The van der Waals surface area contributed by atoms with E-state index in [0.717, 1.165) is 6.07 Å². The van der Waals surface area contributed by atoms with Crippen LogP contribution in [0.2, 0.25) is 5.28 Å². The Labute approximate surface area is 146 Å². The van der Waals surface area contributed by atoms with E-state index >= 15 is 0 Å². The van der Waals surface area contributed by atoms with Gasteiger partial charge >= 0.3 is 5.97 Å². The second-order valence-electron chi connectivity index (χ2n) is 4.74. The number of pyridine rings is 1. The van der Waals surface area contributed by atoms with Crippen molar-refractivity contribution in [3.8, 4) is 11.6 Å². The average Bonchev–Trinajstić information content (AvgIpc) is 2.58. The number of nitrogens with zero attached hydrogens (tertiary/aromatic N) is 3. The van der Waals surface area contributed by atoms with Crippen molar-refractivity contribution >= 4 is 29.1 Å². The molecule has 0 unspecified atom stereocenters. The number of hydrogen-bond acceptors (Lipinski definition) is 6. The van der Waals surface area contributed by atoms with Crippen LogP contribution in [-0.2, 0) is 0 Å². The van der Waals surface area contributed by atoms with Gasteiger partial charge in [0, 0.05) is 30.2 Å². The van der Waals surface area contributed by atoms with Crippen LogP contribution in [0, 0.1) is 5.82 Å². The number of nitrogens with one attached hydrogen (secondary N) is 1. The molecule has 0 amide bonds. The Bertz CT molecular complexity index is 939. The van der Waals surface area contributed by atoms with Gasteiger partial charge in [-0.1, -0.05) is 0 Å². The SMILES string of the molecule is O=C(O)c1cccnc1Nc1ccc(Oc2ccnc(Cl)n2)c(F)c1. The van der Waals surface area contributed by atoms with E-state index in [2.05, 4.69) is 20.3 Å². The molecule has 3 aromatic rings. The summed E-state index contributed by atoms with van der Waals surface area (Å²) in [4.78, 5) is 22.6. The Morgan fingerprint density at radius 2 is 2.04 bits per heavy atom. The van der Waals surface area contributed by atoms with Gasteiger partial charge in [0.2, 0.25) is 11.2 Å². The van der Waals surface area contributed by atoms with Crippen molar-refractivity contribution in [2.45, 2.75) is 0 Å². The van der Waals surface area contributed by atoms with E-state index in [1.54, 1.807) is 0 Å². The number of carboxylic acids is 1. The summed E-state index contributed by atoms with van der Waals surface area (Å²) >= 11 is 5.65. The molecular weight excluding hydrogens is 351 g/mol. The van der Waals surface area contributed by atoms with Gasteiger partial charge in [-0.25, -0.2) is 19.2 Å². The quantitative estimate of drug-likeness (QED) is 0.666. The number of aromatic carboxylic acids is 1. The molecule has 2 N–H and O–H groups in total. The molecule has 9 heteroatoms. The van der Waals surface area contributed by atoms with Crippen LogP contribution >= 0.6 is 11.6 Å². The number of halogens is 2.